The quantitative estimate of drug-likeness (QED) is 0.501. The smallest absolute Gasteiger partial charge is 0.223 e. The van der Waals surface area contributed by atoms with Crippen LogP contribution in [0.5, 0.6) is 5.75 Å². The normalized spacial score (nSPS) is 18.1. The fourth-order valence-electron chi connectivity index (χ4n) is 3.75. The molecule has 3 aromatic carbocycles. The Hall–Kier alpha value is -3.21. The Labute approximate surface area is 175 Å². The summed E-state index contributed by atoms with van der Waals surface area (Å²) in [7, 11) is 0. The minimum Gasteiger partial charge on any atom is -0.494 e. The van der Waals surface area contributed by atoms with Gasteiger partial charge in [0.15, 0.2) is 0 Å². The van der Waals surface area contributed by atoms with Gasteiger partial charge in [-0.05, 0) is 67.3 Å². The molecule has 1 aliphatic rings. The Morgan fingerprint density at radius 3 is 2.27 bits per heavy atom. The summed E-state index contributed by atoms with van der Waals surface area (Å²) in [5, 5.41) is 0. The third kappa shape index (κ3) is 3.80. The first-order chi connectivity index (χ1) is 14.5. The zero-order chi connectivity index (χ0) is 21.3. The van der Waals surface area contributed by atoms with E-state index in [1.54, 1.807) is 0 Å². The van der Waals surface area contributed by atoms with Crippen LogP contribution in [0.15, 0.2) is 65.7 Å². The highest BCUT2D eigenvalue weighted by Crippen LogP contribution is 2.35. The number of benzene rings is 3. The van der Waals surface area contributed by atoms with E-state index in [9.17, 15) is 8.78 Å². The molecule has 0 aliphatic carbocycles. The minimum atomic E-state index is -0.677. The number of rotatable bonds is 5. The zero-order valence-corrected chi connectivity index (χ0v) is 17.2. The molecule has 1 unspecified atom stereocenters. The Bertz CT molecular complexity index is 1070. The van der Waals surface area contributed by atoms with Gasteiger partial charge >= 0.3 is 0 Å². The first kappa shape index (κ1) is 20.1. The second kappa shape index (κ2) is 8.27. The summed E-state index contributed by atoms with van der Waals surface area (Å²) in [5.74, 6) is -0.500. The molecule has 0 N–H and O–H groups in total. The van der Waals surface area contributed by atoms with Gasteiger partial charge in [-0.2, -0.15) is 0 Å². The monoisotopic (exact) mass is 407 g/mol. The van der Waals surface area contributed by atoms with E-state index in [1.807, 2.05) is 57.2 Å². The first-order valence-corrected chi connectivity index (χ1v) is 10.0. The zero-order valence-electron chi connectivity index (χ0n) is 17.2. The molecular weight excluding hydrogens is 384 g/mol. The van der Waals surface area contributed by atoms with Crippen molar-refractivity contribution < 1.29 is 18.3 Å². The number of aryl methyl sites for hydroxylation is 1. The summed E-state index contributed by atoms with van der Waals surface area (Å²) in [6.45, 7) is 6.46. The average Bonchev–Trinajstić information content (AvgIpc) is 3.09. The van der Waals surface area contributed by atoms with Crippen molar-refractivity contribution in [2.75, 3.05) is 6.61 Å². The van der Waals surface area contributed by atoms with Gasteiger partial charge in [0.05, 0.1) is 6.61 Å². The minimum absolute atomic E-state index is 0.0121. The Morgan fingerprint density at radius 1 is 0.967 bits per heavy atom. The lowest BCUT2D eigenvalue weighted by molar-refractivity contribution is 0.212. The van der Waals surface area contributed by atoms with Crippen molar-refractivity contribution in [1.82, 2.24) is 0 Å². The number of nitrogens with zero attached hydrogens (tertiary/aromatic N) is 1. The van der Waals surface area contributed by atoms with Crippen molar-refractivity contribution in [2.24, 2.45) is 4.99 Å². The number of halogens is 2. The van der Waals surface area contributed by atoms with Gasteiger partial charge in [0.25, 0.3) is 0 Å². The Morgan fingerprint density at radius 2 is 1.63 bits per heavy atom. The molecule has 1 aliphatic heterocycles. The van der Waals surface area contributed by atoms with Gasteiger partial charge in [-0.25, -0.2) is 13.8 Å². The van der Waals surface area contributed by atoms with Crippen LogP contribution in [0.2, 0.25) is 0 Å². The predicted octanol–water partition coefficient (Wildman–Crippen LogP) is 6.25. The molecule has 3 nitrogen and oxygen atoms in total. The van der Waals surface area contributed by atoms with E-state index in [4.69, 9.17) is 9.47 Å². The van der Waals surface area contributed by atoms with Crippen molar-refractivity contribution >= 4 is 5.90 Å². The highest BCUT2D eigenvalue weighted by molar-refractivity contribution is 5.96. The molecule has 0 spiro atoms. The van der Waals surface area contributed by atoms with E-state index >= 15 is 0 Å². The predicted molar refractivity (Wildman–Crippen MR) is 114 cm³/mol. The molecule has 1 heterocycles. The van der Waals surface area contributed by atoms with Crippen molar-refractivity contribution in [3.63, 3.8) is 0 Å². The van der Waals surface area contributed by atoms with Crippen LogP contribution in [-0.2, 0) is 4.74 Å². The maximum Gasteiger partial charge on any atom is 0.223 e. The lowest BCUT2D eigenvalue weighted by atomic mass is 9.94. The summed E-state index contributed by atoms with van der Waals surface area (Å²) < 4.78 is 39.5. The van der Waals surface area contributed by atoms with Crippen LogP contribution >= 0.6 is 0 Å². The van der Waals surface area contributed by atoms with Crippen LogP contribution in [-0.4, -0.2) is 18.6 Å². The van der Waals surface area contributed by atoms with E-state index in [0.29, 0.717) is 6.61 Å². The Balaban J connectivity index is 1.63. The van der Waals surface area contributed by atoms with E-state index in [-0.39, 0.29) is 23.6 Å². The van der Waals surface area contributed by atoms with Gasteiger partial charge in [0.1, 0.15) is 35.1 Å². The van der Waals surface area contributed by atoms with Crippen molar-refractivity contribution in [3.8, 4) is 16.9 Å². The van der Waals surface area contributed by atoms with Crippen molar-refractivity contribution in [2.45, 2.75) is 32.9 Å². The SMILES string of the molecule is CCOc1ccc(-c2ccc([C@@H]3N=C(c4c(F)cccc4F)OC3C)c(C)c2)cc1. The van der Waals surface area contributed by atoms with Crippen LogP contribution in [0.4, 0.5) is 8.78 Å². The van der Waals surface area contributed by atoms with Crippen LogP contribution < -0.4 is 4.74 Å². The number of hydrogen-bond acceptors (Lipinski definition) is 3. The molecule has 0 saturated carbocycles. The molecule has 3 aromatic rings. The molecule has 0 aromatic heterocycles. The molecule has 30 heavy (non-hydrogen) atoms. The number of ether oxygens (including phenoxy) is 2. The van der Waals surface area contributed by atoms with Crippen LogP contribution in [0.25, 0.3) is 11.1 Å². The van der Waals surface area contributed by atoms with Crippen LogP contribution in [0.1, 0.15) is 36.6 Å². The lowest BCUT2D eigenvalue weighted by Gasteiger charge is -2.16. The largest absolute Gasteiger partial charge is 0.494 e. The second-order valence-electron chi connectivity index (χ2n) is 7.33. The van der Waals surface area contributed by atoms with E-state index in [0.717, 1.165) is 28.0 Å². The summed E-state index contributed by atoms with van der Waals surface area (Å²) >= 11 is 0. The van der Waals surface area contributed by atoms with Crippen LogP contribution in [0.3, 0.4) is 0 Å². The van der Waals surface area contributed by atoms with Gasteiger partial charge in [0.2, 0.25) is 5.90 Å². The molecule has 4 rings (SSSR count). The molecule has 0 bridgehead atoms. The average molecular weight is 407 g/mol. The molecule has 154 valence electrons. The summed E-state index contributed by atoms with van der Waals surface area (Å²) in [5.41, 5.74) is 3.97. The van der Waals surface area contributed by atoms with E-state index in [2.05, 4.69) is 11.1 Å². The van der Waals surface area contributed by atoms with Gasteiger partial charge < -0.3 is 9.47 Å². The van der Waals surface area contributed by atoms with E-state index < -0.39 is 11.6 Å². The van der Waals surface area contributed by atoms with Crippen molar-refractivity contribution in [1.29, 1.82) is 0 Å². The third-order valence-electron chi connectivity index (χ3n) is 5.26. The van der Waals surface area contributed by atoms with Gasteiger partial charge in [-0.1, -0.05) is 36.4 Å². The fraction of sp³-hybridized carbons (Fsp3) is 0.240. The molecule has 0 saturated heterocycles. The third-order valence-corrected chi connectivity index (χ3v) is 5.26. The molecular formula is C25H23F2NO2. The summed E-state index contributed by atoms with van der Waals surface area (Å²) in [6.07, 6.45) is -0.325. The second-order valence-corrected chi connectivity index (χ2v) is 7.33. The molecule has 2 atom stereocenters. The lowest BCUT2D eigenvalue weighted by Crippen LogP contribution is -2.14. The molecule has 0 amide bonds. The maximum absolute atomic E-state index is 14.1. The molecule has 0 radical (unpaired) electrons. The maximum atomic E-state index is 14.1. The van der Waals surface area contributed by atoms with Gasteiger partial charge in [-0.3, -0.25) is 0 Å². The first-order valence-electron chi connectivity index (χ1n) is 10.0. The van der Waals surface area contributed by atoms with Crippen LogP contribution in [0, 0.1) is 18.6 Å². The number of aliphatic imine (C=N–C) groups is 1. The van der Waals surface area contributed by atoms with E-state index in [1.165, 1.54) is 18.2 Å². The topological polar surface area (TPSA) is 30.8 Å². The van der Waals surface area contributed by atoms with Gasteiger partial charge in [-0.15, -0.1) is 0 Å². The highest BCUT2D eigenvalue weighted by atomic mass is 19.1. The highest BCUT2D eigenvalue weighted by Gasteiger charge is 2.32. The fourth-order valence-corrected chi connectivity index (χ4v) is 3.75. The number of hydrogen-bond donors (Lipinski definition) is 0. The molecule has 0 fully saturated rings. The summed E-state index contributed by atoms with van der Waals surface area (Å²) in [6, 6.07) is 17.5. The van der Waals surface area contributed by atoms with Gasteiger partial charge in [0, 0.05) is 0 Å². The Kier molecular flexibility index (Phi) is 5.53. The summed E-state index contributed by atoms with van der Waals surface area (Å²) in [4.78, 5) is 4.52. The van der Waals surface area contributed by atoms with Crippen molar-refractivity contribution in [3.05, 3.63) is 89.0 Å². The standard InChI is InChI=1S/C25H23F2NO2/c1-4-29-19-11-8-17(9-12-19)18-10-13-20(15(2)14-18)24-16(3)30-25(28-24)23-21(26)6-5-7-22(23)27/h5-14,16,24H,4H2,1-3H3/t16?,24-/m1/s1. The molecule has 5 heteroatoms.